The highest BCUT2D eigenvalue weighted by molar-refractivity contribution is 5.91. The number of amides is 2. The Morgan fingerprint density at radius 3 is 2.65 bits per heavy atom. The standard InChI is InChI=1S/C18H21N7O/c1-23-5-7-25(8-6-23)18(26)22-17-9-16-13(10-19-17)3-4-15(21-16)14-11-20-24(2)12-14/h3-4,9-12H,5-8H2,1-2H3,(H,19,22,26). The van der Waals surface area contributed by atoms with Gasteiger partial charge in [0.15, 0.2) is 0 Å². The highest BCUT2D eigenvalue weighted by atomic mass is 16.2. The van der Waals surface area contributed by atoms with Crippen molar-refractivity contribution in [2.75, 3.05) is 38.5 Å². The van der Waals surface area contributed by atoms with E-state index in [9.17, 15) is 4.79 Å². The second-order valence-electron chi connectivity index (χ2n) is 6.58. The number of fused-ring (bicyclic) bond motifs is 1. The van der Waals surface area contributed by atoms with Crippen LogP contribution in [0.1, 0.15) is 0 Å². The zero-order valence-corrected chi connectivity index (χ0v) is 14.9. The molecule has 1 N–H and O–H groups in total. The third-order valence-corrected chi connectivity index (χ3v) is 4.60. The molecule has 0 aromatic carbocycles. The van der Waals surface area contributed by atoms with Crippen LogP contribution in [0.5, 0.6) is 0 Å². The number of carbonyl (C=O) groups excluding carboxylic acids is 1. The van der Waals surface area contributed by atoms with E-state index < -0.39 is 0 Å². The number of piperazine rings is 1. The lowest BCUT2D eigenvalue weighted by Crippen LogP contribution is -2.48. The number of aryl methyl sites for hydroxylation is 1. The summed E-state index contributed by atoms with van der Waals surface area (Å²) in [7, 11) is 3.94. The number of pyridine rings is 2. The molecule has 0 unspecified atom stereocenters. The Hall–Kier alpha value is -3.00. The third kappa shape index (κ3) is 3.36. The van der Waals surface area contributed by atoms with Gasteiger partial charge in [-0.3, -0.25) is 10.00 Å². The second kappa shape index (κ2) is 6.72. The molecule has 0 atom stereocenters. The Kier molecular flexibility index (Phi) is 4.26. The number of urea groups is 1. The fourth-order valence-electron chi connectivity index (χ4n) is 3.00. The van der Waals surface area contributed by atoms with Crippen LogP contribution in [0.4, 0.5) is 10.6 Å². The van der Waals surface area contributed by atoms with Gasteiger partial charge in [-0.25, -0.2) is 14.8 Å². The van der Waals surface area contributed by atoms with Crippen molar-refractivity contribution in [1.29, 1.82) is 0 Å². The lowest BCUT2D eigenvalue weighted by Gasteiger charge is -2.32. The lowest BCUT2D eigenvalue weighted by molar-refractivity contribution is 0.164. The first-order chi connectivity index (χ1) is 12.6. The molecular weight excluding hydrogens is 330 g/mol. The minimum atomic E-state index is -0.117. The first-order valence-corrected chi connectivity index (χ1v) is 8.59. The molecule has 1 aliphatic rings. The molecule has 3 aromatic heterocycles. The molecule has 1 aliphatic heterocycles. The summed E-state index contributed by atoms with van der Waals surface area (Å²) >= 11 is 0. The molecule has 4 rings (SSSR count). The highest BCUT2D eigenvalue weighted by Crippen LogP contribution is 2.21. The van der Waals surface area contributed by atoms with Gasteiger partial charge in [0.25, 0.3) is 0 Å². The van der Waals surface area contributed by atoms with Crippen molar-refractivity contribution in [2.24, 2.45) is 7.05 Å². The molecule has 26 heavy (non-hydrogen) atoms. The summed E-state index contributed by atoms with van der Waals surface area (Å²) in [5.41, 5.74) is 2.58. The number of aromatic nitrogens is 4. The van der Waals surface area contributed by atoms with Gasteiger partial charge >= 0.3 is 6.03 Å². The molecule has 1 saturated heterocycles. The molecule has 3 aromatic rings. The molecule has 8 nitrogen and oxygen atoms in total. The van der Waals surface area contributed by atoms with Crippen LogP contribution in [0.3, 0.4) is 0 Å². The van der Waals surface area contributed by atoms with Crippen LogP contribution in [0.25, 0.3) is 22.2 Å². The smallest absolute Gasteiger partial charge is 0.322 e. The van der Waals surface area contributed by atoms with E-state index in [1.165, 1.54) is 0 Å². The number of nitrogens with one attached hydrogen (secondary N) is 1. The molecule has 0 aliphatic carbocycles. The molecule has 2 amide bonds. The fourth-order valence-corrected chi connectivity index (χ4v) is 3.00. The van der Waals surface area contributed by atoms with Gasteiger partial charge in [-0.2, -0.15) is 5.10 Å². The van der Waals surface area contributed by atoms with Crippen molar-refractivity contribution >= 4 is 22.8 Å². The highest BCUT2D eigenvalue weighted by Gasteiger charge is 2.19. The maximum atomic E-state index is 12.4. The van der Waals surface area contributed by atoms with Crippen LogP contribution in [0.2, 0.25) is 0 Å². The topological polar surface area (TPSA) is 79.2 Å². The second-order valence-corrected chi connectivity index (χ2v) is 6.58. The van der Waals surface area contributed by atoms with E-state index in [0.29, 0.717) is 5.82 Å². The Morgan fingerprint density at radius 1 is 1.12 bits per heavy atom. The predicted octanol–water partition coefficient (Wildman–Crippen LogP) is 1.81. The first-order valence-electron chi connectivity index (χ1n) is 8.59. The summed E-state index contributed by atoms with van der Waals surface area (Å²) in [6.07, 6.45) is 5.44. The molecule has 0 saturated carbocycles. The van der Waals surface area contributed by atoms with Gasteiger partial charge in [-0.15, -0.1) is 0 Å². The molecule has 0 radical (unpaired) electrons. The van der Waals surface area contributed by atoms with Crippen LogP contribution in [0.15, 0.2) is 36.8 Å². The minimum absolute atomic E-state index is 0.117. The van der Waals surface area contributed by atoms with Crippen molar-refractivity contribution in [3.05, 3.63) is 36.8 Å². The normalized spacial score (nSPS) is 15.4. The quantitative estimate of drug-likeness (QED) is 0.762. The monoisotopic (exact) mass is 351 g/mol. The van der Waals surface area contributed by atoms with E-state index in [-0.39, 0.29) is 6.03 Å². The maximum Gasteiger partial charge on any atom is 0.323 e. The summed E-state index contributed by atoms with van der Waals surface area (Å²) in [5, 5.41) is 7.99. The number of nitrogens with zero attached hydrogens (tertiary/aromatic N) is 6. The van der Waals surface area contributed by atoms with Gasteiger partial charge in [-0.1, -0.05) is 0 Å². The summed E-state index contributed by atoms with van der Waals surface area (Å²) in [5.74, 6) is 0.511. The average Bonchev–Trinajstić information content (AvgIpc) is 3.08. The molecule has 0 spiro atoms. The number of rotatable bonds is 2. The van der Waals surface area contributed by atoms with Gasteiger partial charge < -0.3 is 9.80 Å². The molecule has 4 heterocycles. The zero-order chi connectivity index (χ0) is 18.1. The molecule has 8 heteroatoms. The minimum Gasteiger partial charge on any atom is -0.322 e. The van der Waals surface area contributed by atoms with Crippen LogP contribution < -0.4 is 5.32 Å². The summed E-state index contributed by atoms with van der Waals surface area (Å²) in [6, 6.07) is 5.62. The van der Waals surface area contributed by atoms with Crippen molar-refractivity contribution in [1.82, 2.24) is 29.5 Å². The van der Waals surface area contributed by atoms with E-state index in [1.807, 2.05) is 36.3 Å². The van der Waals surface area contributed by atoms with Gasteiger partial charge in [-0.05, 0) is 19.2 Å². The third-order valence-electron chi connectivity index (χ3n) is 4.60. The number of hydrogen-bond donors (Lipinski definition) is 1. The summed E-state index contributed by atoms with van der Waals surface area (Å²) in [4.78, 5) is 25.5. The zero-order valence-electron chi connectivity index (χ0n) is 14.9. The fraction of sp³-hybridized carbons (Fsp3) is 0.333. The Morgan fingerprint density at radius 2 is 1.92 bits per heavy atom. The lowest BCUT2D eigenvalue weighted by atomic mass is 10.2. The van der Waals surface area contributed by atoms with Crippen LogP contribution in [-0.2, 0) is 7.05 Å². The number of likely N-dealkylation sites (N-methyl/N-ethyl adjacent to an activating group) is 1. The SMILES string of the molecule is CN1CCN(C(=O)Nc2cc3nc(-c4cnn(C)c4)ccc3cn2)CC1. The summed E-state index contributed by atoms with van der Waals surface area (Å²) in [6.45, 7) is 3.21. The van der Waals surface area contributed by atoms with Gasteiger partial charge in [0.05, 0.1) is 17.4 Å². The Labute approximate surface area is 151 Å². The number of anilines is 1. The van der Waals surface area contributed by atoms with Crippen molar-refractivity contribution < 1.29 is 4.79 Å². The maximum absolute atomic E-state index is 12.4. The van der Waals surface area contributed by atoms with Gasteiger partial charge in [0, 0.05) is 62.6 Å². The van der Waals surface area contributed by atoms with E-state index >= 15 is 0 Å². The molecule has 134 valence electrons. The van der Waals surface area contributed by atoms with E-state index in [4.69, 9.17) is 0 Å². The predicted molar refractivity (Wildman–Crippen MR) is 99.8 cm³/mol. The van der Waals surface area contributed by atoms with Crippen molar-refractivity contribution in [3.63, 3.8) is 0 Å². The largest absolute Gasteiger partial charge is 0.323 e. The van der Waals surface area contributed by atoms with Crippen molar-refractivity contribution in [3.8, 4) is 11.3 Å². The number of hydrogen-bond acceptors (Lipinski definition) is 5. The van der Waals surface area contributed by atoms with Gasteiger partial charge in [0.2, 0.25) is 0 Å². The van der Waals surface area contributed by atoms with E-state index in [2.05, 4.69) is 32.3 Å². The Bertz CT molecular complexity index is 944. The average molecular weight is 351 g/mol. The van der Waals surface area contributed by atoms with Crippen LogP contribution in [0, 0.1) is 0 Å². The van der Waals surface area contributed by atoms with Crippen LogP contribution >= 0.6 is 0 Å². The van der Waals surface area contributed by atoms with Gasteiger partial charge in [0.1, 0.15) is 5.82 Å². The number of carbonyl (C=O) groups is 1. The van der Waals surface area contributed by atoms with Crippen molar-refractivity contribution in [2.45, 2.75) is 0 Å². The van der Waals surface area contributed by atoms with Crippen LogP contribution in [-0.4, -0.2) is 68.8 Å². The Balaban J connectivity index is 1.55. The molecule has 0 bridgehead atoms. The molecular formula is C18H21N7O. The summed E-state index contributed by atoms with van der Waals surface area (Å²) < 4.78 is 1.75. The molecule has 1 fully saturated rings. The first kappa shape index (κ1) is 16.5. The van der Waals surface area contributed by atoms with E-state index in [1.54, 1.807) is 17.1 Å². The van der Waals surface area contributed by atoms with E-state index in [0.717, 1.165) is 48.3 Å².